The van der Waals surface area contributed by atoms with Crippen molar-refractivity contribution in [2.24, 2.45) is 5.14 Å². The first-order chi connectivity index (χ1) is 17.1. The topological polar surface area (TPSA) is 118 Å². The van der Waals surface area contributed by atoms with Gasteiger partial charge in [-0.05, 0) is 66.9 Å². The summed E-state index contributed by atoms with van der Waals surface area (Å²) in [7, 11) is -3.82. The van der Waals surface area contributed by atoms with Crippen molar-refractivity contribution in [2.75, 3.05) is 11.4 Å². The lowest BCUT2D eigenvalue weighted by Gasteiger charge is -2.28. The summed E-state index contributed by atoms with van der Waals surface area (Å²) in [6.07, 6.45) is 0.218. The Morgan fingerprint density at radius 1 is 1.03 bits per heavy atom. The fourth-order valence-electron chi connectivity index (χ4n) is 4.18. The van der Waals surface area contributed by atoms with E-state index in [1.807, 2.05) is 19.1 Å². The van der Waals surface area contributed by atoms with Crippen LogP contribution in [0, 0.1) is 6.92 Å². The third-order valence-electron chi connectivity index (χ3n) is 6.11. The standard InChI is InChI=1S/C26H24BrN3O5S/c1-17-4-2-3-5-22(17)25(32)29(15-14-18-6-12-21(13-7-18)36(28,34)35)23-16-24(31)30(26(23)33)20-10-8-19(27)9-11-20/h2-13,23H,14-16H2,1H3,(H2,28,34,35). The number of benzene rings is 3. The maximum atomic E-state index is 13.6. The van der Waals surface area contributed by atoms with E-state index < -0.39 is 22.0 Å². The Balaban J connectivity index is 1.63. The second-order valence-corrected chi connectivity index (χ2v) is 11.0. The van der Waals surface area contributed by atoms with Crippen LogP contribution in [0.1, 0.15) is 27.9 Å². The molecule has 3 aromatic carbocycles. The van der Waals surface area contributed by atoms with E-state index in [1.165, 1.54) is 17.0 Å². The molecule has 10 heteroatoms. The third kappa shape index (κ3) is 5.40. The molecule has 186 valence electrons. The summed E-state index contributed by atoms with van der Waals surface area (Å²) in [5.74, 6) is -1.20. The molecule has 1 saturated heterocycles. The molecule has 3 amide bonds. The van der Waals surface area contributed by atoms with E-state index in [0.717, 1.165) is 20.5 Å². The number of amides is 3. The number of carbonyl (C=O) groups is 3. The van der Waals surface area contributed by atoms with Crippen molar-refractivity contribution in [2.45, 2.75) is 30.7 Å². The highest BCUT2D eigenvalue weighted by Gasteiger charge is 2.44. The van der Waals surface area contributed by atoms with Gasteiger partial charge in [0.1, 0.15) is 6.04 Å². The summed E-state index contributed by atoms with van der Waals surface area (Å²) in [6.45, 7) is 1.97. The van der Waals surface area contributed by atoms with Crippen molar-refractivity contribution in [3.63, 3.8) is 0 Å². The van der Waals surface area contributed by atoms with E-state index >= 15 is 0 Å². The van der Waals surface area contributed by atoms with E-state index in [2.05, 4.69) is 15.9 Å². The number of hydrogen-bond donors (Lipinski definition) is 1. The Kier molecular flexibility index (Phi) is 7.39. The molecule has 3 aromatic rings. The minimum Gasteiger partial charge on any atom is -0.326 e. The summed E-state index contributed by atoms with van der Waals surface area (Å²) < 4.78 is 23.9. The number of nitrogens with zero attached hydrogens (tertiary/aromatic N) is 2. The van der Waals surface area contributed by atoms with E-state index in [-0.39, 0.29) is 29.7 Å². The molecule has 8 nitrogen and oxygen atoms in total. The lowest BCUT2D eigenvalue weighted by Crippen LogP contribution is -2.46. The number of nitrogens with two attached hydrogens (primary N) is 1. The number of aryl methyl sites for hydroxylation is 1. The van der Waals surface area contributed by atoms with Crippen LogP contribution in [0.4, 0.5) is 5.69 Å². The minimum absolute atomic E-state index is 0.0131. The Hall–Kier alpha value is -3.34. The Morgan fingerprint density at radius 2 is 1.67 bits per heavy atom. The molecule has 0 aliphatic carbocycles. The van der Waals surface area contributed by atoms with Crippen LogP contribution < -0.4 is 10.0 Å². The van der Waals surface area contributed by atoms with Crippen molar-refractivity contribution in [3.8, 4) is 0 Å². The van der Waals surface area contributed by atoms with Crippen LogP contribution in [0.25, 0.3) is 0 Å². The van der Waals surface area contributed by atoms with Gasteiger partial charge in [0.15, 0.2) is 0 Å². The zero-order valence-corrected chi connectivity index (χ0v) is 21.8. The molecule has 2 N–H and O–H groups in total. The number of imide groups is 1. The fraction of sp³-hybridized carbons (Fsp3) is 0.192. The highest BCUT2D eigenvalue weighted by molar-refractivity contribution is 9.10. The predicted octanol–water partition coefficient (Wildman–Crippen LogP) is 3.42. The molecule has 0 radical (unpaired) electrons. The molecule has 0 spiro atoms. The smallest absolute Gasteiger partial charge is 0.257 e. The van der Waals surface area contributed by atoms with Crippen LogP contribution >= 0.6 is 15.9 Å². The molecular weight excluding hydrogens is 546 g/mol. The molecule has 1 heterocycles. The number of anilines is 1. The SMILES string of the molecule is Cc1ccccc1C(=O)N(CCc1ccc(S(N)(=O)=O)cc1)C1CC(=O)N(c2ccc(Br)cc2)C1=O. The average Bonchev–Trinajstić information content (AvgIpc) is 3.13. The number of sulfonamides is 1. The molecular formula is C26H24BrN3O5S. The number of carbonyl (C=O) groups excluding carboxylic acids is 3. The summed E-state index contributed by atoms with van der Waals surface area (Å²) in [4.78, 5) is 42.5. The van der Waals surface area contributed by atoms with Crippen molar-refractivity contribution in [1.29, 1.82) is 0 Å². The normalized spacial score (nSPS) is 15.9. The van der Waals surface area contributed by atoms with E-state index in [4.69, 9.17) is 5.14 Å². The molecule has 1 atom stereocenters. The van der Waals surface area contributed by atoms with Crippen LogP contribution in [-0.4, -0.2) is 43.6 Å². The average molecular weight is 570 g/mol. The van der Waals surface area contributed by atoms with Crippen LogP contribution in [0.3, 0.4) is 0 Å². The van der Waals surface area contributed by atoms with Crippen molar-refractivity contribution < 1.29 is 22.8 Å². The molecule has 1 aliphatic rings. The molecule has 4 rings (SSSR count). The van der Waals surface area contributed by atoms with Gasteiger partial charge in [0.05, 0.1) is 17.0 Å². The first kappa shape index (κ1) is 25.7. The van der Waals surface area contributed by atoms with Crippen molar-refractivity contribution in [3.05, 3.63) is 94.0 Å². The maximum Gasteiger partial charge on any atom is 0.257 e. The molecule has 1 fully saturated rings. The van der Waals surface area contributed by atoms with Crippen molar-refractivity contribution in [1.82, 2.24) is 4.90 Å². The first-order valence-electron chi connectivity index (χ1n) is 11.2. The number of primary sulfonamides is 1. The Morgan fingerprint density at radius 3 is 2.28 bits per heavy atom. The second-order valence-electron chi connectivity index (χ2n) is 8.52. The zero-order chi connectivity index (χ0) is 26.0. The molecule has 0 bridgehead atoms. The van der Waals surface area contributed by atoms with Gasteiger partial charge in [-0.25, -0.2) is 18.5 Å². The number of hydrogen-bond acceptors (Lipinski definition) is 5. The minimum atomic E-state index is -3.82. The van der Waals surface area contributed by atoms with Crippen LogP contribution in [-0.2, 0) is 26.0 Å². The van der Waals surface area contributed by atoms with Crippen LogP contribution in [0.2, 0.25) is 0 Å². The lowest BCUT2D eigenvalue weighted by molar-refractivity contribution is -0.122. The molecule has 1 unspecified atom stereocenters. The summed E-state index contributed by atoms with van der Waals surface area (Å²) in [5, 5.41) is 5.17. The predicted molar refractivity (Wildman–Crippen MR) is 139 cm³/mol. The van der Waals surface area contributed by atoms with E-state index in [0.29, 0.717) is 17.7 Å². The zero-order valence-electron chi connectivity index (χ0n) is 19.4. The summed E-state index contributed by atoms with van der Waals surface area (Å²) in [6, 6.07) is 19.0. The molecule has 36 heavy (non-hydrogen) atoms. The first-order valence-corrected chi connectivity index (χ1v) is 13.5. The van der Waals surface area contributed by atoms with E-state index in [9.17, 15) is 22.8 Å². The Labute approximate surface area is 217 Å². The van der Waals surface area contributed by atoms with Crippen LogP contribution in [0.15, 0.2) is 82.2 Å². The lowest BCUT2D eigenvalue weighted by atomic mass is 10.0. The van der Waals surface area contributed by atoms with Gasteiger partial charge in [0, 0.05) is 16.6 Å². The van der Waals surface area contributed by atoms with Gasteiger partial charge in [-0.2, -0.15) is 0 Å². The summed E-state index contributed by atoms with van der Waals surface area (Å²) in [5.41, 5.74) is 2.40. The monoisotopic (exact) mass is 569 g/mol. The Bertz CT molecular complexity index is 1420. The molecule has 1 aliphatic heterocycles. The van der Waals surface area contributed by atoms with Gasteiger partial charge < -0.3 is 4.90 Å². The number of halogens is 1. The highest BCUT2D eigenvalue weighted by atomic mass is 79.9. The van der Waals surface area contributed by atoms with Crippen LogP contribution in [0.5, 0.6) is 0 Å². The molecule has 0 aromatic heterocycles. The van der Waals surface area contributed by atoms with Gasteiger partial charge in [-0.1, -0.05) is 46.3 Å². The van der Waals surface area contributed by atoms with Gasteiger partial charge >= 0.3 is 0 Å². The van der Waals surface area contributed by atoms with E-state index in [1.54, 1.807) is 48.5 Å². The summed E-state index contributed by atoms with van der Waals surface area (Å²) >= 11 is 3.35. The quantitative estimate of drug-likeness (QED) is 0.437. The fourth-order valence-corrected chi connectivity index (χ4v) is 4.96. The van der Waals surface area contributed by atoms with Gasteiger partial charge in [0.25, 0.3) is 11.8 Å². The highest BCUT2D eigenvalue weighted by Crippen LogP contribution is 2.28. The van der Waals surface area contributed by atoms with Gasteiger partial charge in [-0.15, -0.1) is 0 Å². The number of rotatable bonds is 7. The van der Waals surface area contributed by atoms with Crippen molar-refractivity contribution >= 4 is 49.4 Å². The largest absolute Gasteiger partial charge is 0.326 e. The second kappa shape index (κ2) is 10.3. The third-order valence-corrected chi connectivity index (χ3v) is 7.57. The molecule has 0 saturated carbocycles. The van der Waals surface area contributed by atoms with Gasteiger partial charge in [0.2, 0.25) is 15.9 Å². The maximum absolute atomic E-state index is 13.6. The van der Waals surface area contributed by atoms with Gasteiger partial charge in [-0.3, -0.25) is 14.4 Å².